The summed E-state index contributed by atoms with van der Waals surface area (Å²) in [5.41, 5.74) is -0.451. The Morgan fingerprint density at radius 3 is 2.00 bits per heavy atom. The molecule has 0 aromatic carbocycles. The van der Waals surface area contributed by atoms with Crippen molar-refractivity contribution in [3.8, 4) is 0 Å². The normalized spacial score (nSPS) is 12.6. The highest BCUT2D eigenvalue weighted by molar-refractivity contribution is 5.76. The van der Waals surface area contributed by atoms with E-state index in [1.165, 1.54) is 7.11 Å². The van der Waals surface area contributed by atoms with E-state index in [1.807, 2.05) is 13.8 Å². The van der Waals surface area contributed by atoms with E-state index in [0.717, 1.165) is 6.54 Å². The third-order valence-electron chi connectivity index (χ3n) is 3.40. The van der Waals surface area contributed by atoms with Crippen molar-refractivity contribution < 1.29 is 9.53 Å². The molecular weight excluding hydrogens is 214 g/mol. The van der Waals surface area contributed by atoms with Gasteiger partial charge in [-0.05, 0) is 38.1 Å². The highest BCUT2D eigenvalue weighted by Crippen LogP contribution is 2.20. The van der Waals surface area contributed by atoms with Gasteiger partial charge in [-0.2, -0.15) is 0 Å². The molecule has 0 aromatic heterocycles. The van der Waals surface area contributed by atoms with Gasteiger partial charge in [-0.1, -0.05) is 27.7 Å². The Hall–Kier alpha value is -0.570. The van der Waals surface area contributed by atoms with E-state index < -0.39 is 5.41 Å². The lowest BCUT2D eigenvalue weighted by Crippen LogP contribution is -2.40. The summed E-state index contributed by atoms with van der Waals surface area (Å²) in [7, 11) is 1.44. The largest absolute Gasteiger partial charge is 0.469 e. The Bertz CT molecular complexity index is 226. The fourth-order valence-electron chi connectivity index (χ4n) is 2.14. The van der Waals surface area contributed by atoms with Gasteiger partial charge in [-0.25, -0.2) is 0 Å². The van der Waals surface area contributed by atoms with E-state index in [0.29, 0.717) is 24.3 Å². The van der Waals surface area contributed by atoms with Crippen LogP contribution in [0, 0.1) is 23.2 Å². The molecule has 0 aliphatic rings. The zero-order valence-corrected chi connectivity index (χ0v) is 12.5. The van der Waals surface area contributed by atoms with Crippen LogP contribution < -0.4 is 5.32 Å². The number of hydrogen-bond acceptors (Lipinski definition) is 3. The van der Waals surface area contributed by atoms with Gasteiger partial charge >= 0.3 is 5.97 Å². The van der Waals surface area contributed by atoms with Gasteiger partial charge < -0.3 is 10.1 Å². The smallest absolute Gasteiger partial charge is 0.312 e. The summed E-state index contributed by atoms with van der Waals surface area (Å²) in [5.74, 6) is 1.80. The average Bonchev–Trinajstić information content (AvgIpc) is 2.21. The number of methoxy groups -OCH3 is 1. The highest BCUT2D eigenvalue weighted by Gasteiger charge is 2.28. The van der Waals surface area contributed by atoms with Crippen LogP contribution in [0.5, 0.6) is 0 Å². The molecule has 0 atom stereocenters. The van der Waals surface area contributed by atoms with Crippen LogP contribution in [-0.4, -0.2) is 26.2 Å². The molecule has 102 valence electrons. The lowest BCUT2D eigenvalue weighted by molar-refractivity contribution is -0.150. The molecule has 0 radical (unpaired) electrons. The topological polar surface area (TPSA) is 38.3 Å². The van der Waals surface area contributed by atoms with Gasteiger partial charge in [0.1, 0.15) is 0 Å². The van der Waals surface area contributed by atoms with E-state index in [2.05, 4.69) is 33.0 Å². The summed E-state index contributed by atoms with van der Waals surface area (Å²) >= 11 is 0. The van der Waals surface area contributed by atoms with Gasteiger partial charge in [0.25, 0.3) is 0 Å². The SMILES string of the molecule is COC(=O)C(C)(C)CNCC(C(C)C)C(C)C. The number of carbonyl (C=O) groups is 1. The maximum Gasteiger partial charge on any atom is 0.312 e. The molecular formula is C14H29NO2. The van der Waals surface area contributed by atoms with Gasteiger partial charge in [-0.3, -0.25) is 4.79 Å². The van der Waals surface area contributed by atoms with E-state index >= 15 is 0 Å². The van der Waals surface area contributed by atoms with Crippen LogP contribution in [-0.2, 0) is 9.53 Å². The van der Waals surface area contributed by atoms with Gasteiger partial charge in [0.15, 0.2) is 0 Å². The Morgan fingerprint density at radius 2 is 1.65 bits per heavy atom. The first-order valence-corrected chi connectivity index (χ1v) is 6.51. The quantitative estimate of drug-likeness (QED) is 0.699. The predicted octanol–water partition coefficient (Wildman–Crippen LogP) is 2.70. The van der Waals surface area contributed by atoms with Crippen LogP contribution in [0.3, 0.4) is 0 Å². The molecule has 1 N–H and O–H groups in total. The average molecular weight is 243 g/mol. The molecule has 0 rings (SSSR count). The fraction of sp³-hybridized carbons (Fsp3) is 0.929. The zero-order chi connectivity index (χ0) is 13.6. The molecule has 0 bridgehead atoms. The molecule has 3 nitrogen and oxygen atoms in total. The summed E-state index contributed by atoms with van der Waals surface area (Å²) in [6.07, 6.45) is 0. The third kappa shape index (κ3) is 5.53. The van der Waals surface area contributed by atoms with Crippen LogP contribution in [0.2, 0.25) is 0 Å². The molecule has 17 heavy (non-hydrogen) atoms. The van der Waals surface area contributed by atoms with Crippen LogP contribution in [0.1, 0.15) is 41.5 Å². The maximum absolute atomic E-state index is 11.5. The Labute approximate surface area is 106 Å². The summed E-state index contributed by atoms with van der Waals surface area (Å²) in [6.45, 7) is 14.4. The standard InChI is InChI=1S/C14H29NO2/c1-10(2)12(11(3)4)8-15-9-14(5,6)13(16)17-7/h10-12,15H,8-9H2,1-7H3. The Kier molecular flexibility index (Phi) is 6.76. The summed E-state index contributed by atoms with van der Waals surface area (Å²) in [6, 6.07) is 0. The molecule has 0 aliphatic carbocycles. The highest BCUT2D eigenvalue weighted by atomic mass is 16.5. The van der Waals surface area contributed by atoms with Crippen LogP contribution in [0.15, 0.2) is 0 Å². The third-order valence-corrected chi connectivity index (χ3v) is 3.40. The molecule has 3 heteroatoms. The summed E-state index contributed by atoms with van der Waals surface area (Å²) in [5, 5.41) is 3.40. The van der Waals surface area contributed by atoms with Crippen molar-refractivity contribution in [3.63, 3.8) is 0 Å². The van der Waals surface area contributed by atoms with Crippen molar-refractivity contribution in [2.24, 2.45) is 23.2 Å². The molecule has 0 aliphatic heterocycles. The second-order valence-corrected chi connectivity index (χ2v) is 6.16. The fourth-order valence-corrected chi connectivity index (χ4v) is 2.14. The van der Waals surface area contributed by atoms with E-state index in [9.17, 15) is 4.79 Å². The summed E-state index contributed by atoms with van der Waals surface area (Å²) < 4.78 is 4.79. The molecule has 0 spiro atoms. The van der Waals surface area contributed by atoms with E-state index in [1.54, 1.807) is 0 Å². The van der Waals surface area contributed by atoms with Crippen molar-refractivity contribution in [2.75, 3.05) is 20.2 Å². The molecule has 0 heterocycles. The van der Waals surface area contributed by atoms with Crippen molar-refractivity contribution in [1.82, 2.24) is 5.32 Å². The van der Waals surface area contributed by atoms with Crippen molar-refractivity contribution in [3.05, 3.63) is 0 Å². The minimum atomic E-state index is -0.451. The molecule has 0 saturated carbocycles. The van der Waals surface area contributed by atoms with Crippen LogP contribution in [0.4, 0.5) is 0 Å². The maximum atomic E-state index is 11.5. The van der Waals surface area contributed by atoms with Crippen molar-refractivity contribution >= 4 is 5.97 Å². The molecule has 0 fully saturated rings. The number of ether oxygens (including phenoxy) is 1. The molecule has 0 aromatic rings. The minimum Gasteiger partial charge on any atom is -0.469 e. The first kappa shape index (κ1) is 16.4. The summed E-state index contributed by atoms with van der Waals surface area (Å²) in [4.78, 5) is 11.5. The minimum absolute atomic E-state index is 0.157. The number of rotatable bonds is 7. The second-order valence-electron chi connectivity index (χ2n) is 6.16. The Morgan fingerprint density at radius 1 is 1.18 bits per heavy atom. The van der Waals surface area contributed by atoms with Crippen LogP contribution in [0.25, 0.3) is 0 Å². The van der Waals surface area contributed by atoms with Gasteiger partial charge in [-0.15, -0.1) is 0 Å². The zero-order valence-electron chi connectivity index (χ0n) is 12.5. The first-order valence-electron chi connectivity index (χ1n) is 6.51. The Balaban J connectivity index is 4.17. The van der Waals surface area contributed by atoms with E-state index in [-0.39, 0.29) is 5.97 Å². The lowest BCUT2D eigenvalue weighted by atomic mass is 9.85. The number of esters is 1. The number of hydrogen-bond donors (Lipinski definition) is 1. The molecule has 0 unspecified atom stereocenters. The monoisotopic (exact) mass is 243 g/mol. The van der Waals surface area contributed by atoms with Crippen LogP contribution >= 0.6 is 0 Å². The van der Waals surface area contributed by atoms with Crippen molar-refractivity contribution in [2.45, 2.75) is 41.5 Å². The lowest BCUT2D eigenvalue weighted by Gasteiger charge is -2.28. The van der Waals surface area contributed by atoms with E-state index in [4.69, 9.17) is 4.74 Å². The molecule has 0 saturated heterocycles. The number of nitrogens with one attached hydrogen (secondary N) is 1. The van der Waals surface area contributed by atoms with Crippen molar-refractivity contribution in [1.29, 1.82) is 0 Å². The predicted molar refractivity (Wildman–Crippen MR) is 71.8 cm³/mol. The first-order chi connectivity index (χ1) is 7.72. The van der Waals surface area contributed by atoms with Gasteiger partial charge in [0.2, 0.25) is 0 Å². The molecule has 0 amide bonds. The second kappa shape index (κ2) is 7.00. The number of carbonyl (C=O) groups excluding carboxylic acids is 1. The van der Waals surface area contributed by atoms with Gasteiger partial charge in [0.05, 0.1) is 12.5 Å². The van der Waals surface area contributed by atoms with Gasteiger partial charge in [0, 0.05) is 6.54 Å².